The normalized spacial score (nSPS) is 13.4. The highest BCUT2D eigenvalue weighted by atomic mass is 16.5. The third-order valence-corrected chi connectivity index (χ3v) is 6.35. The lowest BCUT2D eigenvalue weighted by Gasteiger charge is -2.17. The van der Waals surface area contributed by atoms with E-state index in [1.54, 1.807) is 26.4 Å². The number of ether oxygens (including phenoxy) is 4. The summed E-state index contributed by atoms with van der Waals surface area (Å²) in [6.07, 6.45) is 3.18. The number of nitriles is 1. The minimum Gasteiger partial charge on any atom is -0.493 e. The van der Waals surface area contributed by atoms with Gasteiger partial charge in [0, 0.05) is 35.9 Å². The van der Waals surface area contributed by atoms with Crippen LogP contribution in [0.2, 0.25) is 0 Å². The van der Waals surface area contributed by atoms with Crippen molar-refractivity contribution >= 4 is 22.3 Å². The fourth-order valence-electron chi connectivity index (χ4n) is 4.11. The van der Waals surface area contributed by atoms with Crippen molar-refractivity contribution in [3.05, 3.63) is 72.4 Å². The Hall–Kier alpha value is -4.52. The van der Waals surface area contributed by atoms with Crippen molar-refractivity contribution in [3.8, 4) is 34.8 Å². The average Bonchev–Trinajstić information content (AvgIpc) is 3.80. The number of fused-ring (bicyclic) bond motifs is 1. The van der Waals surface area contributed by atoms with Gasteiger partial charge in [-0.05, 0) is 55.3 Å². The molecule has 5 rings (SSSR count). The number of hydrogen-bond donors (Lipinski definition) is 3. The van der Waals surface area contributed by atoms with Crippen molar-refractivity contribution < 1.29 is 24.1 Å². The Balaban J connectivity index is 1.36. The summed E-state index contributed by atoms with van der Waals surface area (Å²) in [7, 11) is 3.15. The number of hydrogen-bond acceptors (Lipinski definition) is 9. The molecule has 1 fully saturated rings. The standard InChI is InChI=1S/C30H30N4O5/c1-36-26-5-3-4-6-27(26)39-23-11-9-21(10-12-23)34-30-19(15-31)16-33-25-14-29(28(37-2)13-24(25)30)38-18-22(35)17-32-20-7-8-20/h3-6,9-14,16,20,22,32,35H,7-8,17-18H2,1-2H3,(H,33,34)/t22-/m0/s1. The van der Waals surface area contributed by atoms with Gasteiger partial charge in [0.25, 0.3) is 0 Å². The van der Waals surface area contributed by atoms with Crippen molar-refractivity contribution in [3.63, 3.8) is 0 Å². The van der Waals surface area contributed by atoms with Gasteiger partial charge < -0.3 is 34.7 Å². The predicted octanol–water partition coefficient (Wildman–Crippen LogP) is 5.15. The van der Waals surface area contributed by atoms with Crippen molar-refractivity contribution in [1.29, 1.82) is 5.26 Å². The largest absolute Gasteiger partial charge is 0.493 e. The van der Waals surface area contributed by atoms with Crippen LogP contribution in [0.3, 0.4) is 0 Å². The molecule has 3 aromatic carbocycles. The molecule has 9 nitrogen and oxygen atoms in total. The molecule has 4 aromatic rings. The lowest BCUT2D eigenvalue weighted by molar-refractivity contribution is 0.104. The zero-order valence-corrected chi connectivity index (χ0v) is 21.8. The maximum Gasteiger partial charge on any atom is 0.169 e. The summed E-state index contributed by atoms with van der Waals surface area (Å²) in [6, 6.07) is 21.1. The molecule has 0 unspecified atom stereocenters. The molecule has 1 aliphatic carbocycles. The maximum absolute atomic E-state index is 10.3. The van der Waals surface area contributed by atoms with E-state index in [4.69, 9.17) is 18.9 Å². The van der Waals surface area contributed by atoms with Gasteiger partial charge in [-0.15, -0.1) is 0 Å². The molecule has 3 N–H and O–H groups in total. The van der Waals surface area contributed by atoms with Crippen LogP contribution in [-0.4, -0.2) is 49.6 Å². The van der Waals surface area contributed by atoms with E-state index in [0.717, 1.165) is 18.5 Å². The first-order valence-corrected chi connectivity index (χ1v) is 12.7. The van der Waals surface area contributed by atoms with Gasteiger partial charge in [0.1, 0.15) is 24.5 Å². The second-order valence-corrected chi connectivity index (χ2v) is 9.23. The first-order valence-electron chi connectivity index (χ1n) is 12.7. The van der Waals surface area contributed by atoms with E-state index in [9.17, 15) is 10.4 Å². The van der Waals surface area contributed by atoms with E-state index in [2.05, 4.69) is 21.7 Å². The molecule has 0 spiro atoms. The lowest BCUT2D eigenvalue weighted by Crippen LogP contribution is -2.32. The number of rotatable bonds is 12. The number of aliphatic hydroxyl groups is 1. The molecule has 9 heteroatoms. The SMILES string of the molecule is COc1cc2c(Nc3ccc(Oc4ccccc4OC)cc3)c(C#N)cnc2cc1OC[C@@H](O)CNC1CC1. The molecular weight excluding hydrogens is 496 g/mol. The second kappa shape index (κ2) is 11.9. The Morgan fingerprint density at radius 1 is 1.00 bits per heavy atom. The summed E-state index contributed by atoms with van der Waals surface area (Å²) in [5.41, 5.74) is 2.36. The Kier molecular flexibility index (Phi) is 7.96. The summed E-state index contributed by atoms with van der Waals surface area (Å²) in [5.74, 6) is 2.85. The fraction of sp³-hybridized carbons (Fsp3) is 0.267. The highest BCUT2D eigenvalue weighted by molar-refractivity contribution is 5.97. The van der Waals surface area contributed by atoms with Crippen molar-refractivity contribution in [1.82, 2.24) is 10.3 Å². The number of nitrogens with one attached hydrogen (secondary N) is 2. The summed E-state index contributed by atoms with van der Waals surface area (Å²) in [6.45, 7) is 0.591. The topological polar surface area (TPSA) is 118 Å². The van der Waals surface area contributed by atoms with E-state index in [1.165, 1.54) is 6.20 Å². The minimum atomic E-state index is -0.646. The molecule has 1 atom stereocenters. The summed E-state index contributed by atoms with van der Waals surface area (Å²) < 4.78 is 22.8. The van der Waals surface area contributed by atoms with E-state index in [1.807, 2.05) is 48.5 Å². The molecule has 0 amide bonds. The molecule has 0 saturated heterocycles. The van der Waals surface area contributed by atoms with Gasteiger partial charge in [-0.25, -0.2) is 0 Å². The van der Waals surface area contributed by atoms with Crippen LogP contribution in [0.5, 0.6) is 28.7 Å². The molecule has 200 valence electrons. The highest BCUT2D eigenvalue weighted by Gasteiger charge is 2.22. The van der Waals surface area contributed by atoms with Gasteiger partial charge in [0.05, 0.1) is 31.0 Å². The zero-order valence-electron chi connectivity index (χ0n) is 21.8. The number of aromatic nitrogens is 1. The van der Waals surface area contributed by atoms with E-state index >= 15 is 0 Å². The quantitative estimate of drug-likeness (QED) is 0.230. The van der Waals surface area contributed by atoms with Crippen molar-refractivity contribution in [2.75, 3.05) is 32.7 Å². The first-order chi connectivity index (χ1) is 19.1. The van der Waals surface area contributed by atoms with Crippen LogP contribution in [0, 0.1) is 11.3 Å². The average molecular weight is 527 g/mol. The van der Waals surface area contributed by atoms with Gasteiger partial charge in [-0.2, -0.15) is 5.26 Å². The van der Waals surface area contributed by atoms with Crippen molar-refractivity contribution in [2.45, 2.75) is 25.0 Å². The van der Waals surface area contributed by atoms with Crippen LogP contribution < -0.4 is 29.6 Å². The maximum atomic E-state index is 10.3. The number of para-hydroxylation sites is 2. The molecule has 0 aliphatic heterocycles. The molecule has 1 saturated carbocycles. The van der Waals surface area contributed by atoms with Gasteiger partial charge in [0.15, 0.2) is 23.0 Å². The van der Waals surface area contributed by atoms with Crippen LogP contribution in [0.15, 0.2) is 66.9 Å². The van der Waals surface area contributed by atoms with Crippen LogP contribution in [-0.2, 0) is 0 Å². The zero-order chi connectivity index (χ0) is 27.2. The number of aliphatic hydroxyl groups excluding tert-OH is 1. The molecule has 39 heavy (non-hydrogen) atoms. The van der Waals surface area contributed by atoms with Crippen LogP contribution >= 0.6 is 0 Å². The van der Waals surface area contributed by atoms with E-state index < -0.39 is 6.10 Å². The van der Waals surface area contributed by atoms with Gasteiger partial charge in [-0.1, -0.05) is 12.1 Å². The first kappa shape index (κ1) is 26.1. The second-order valence-electron chi connectivity index (χ2n) is 9.23. The Morgan fingerprint density at radius 2 is 1.74 bits per heavy atom. The smallest absolute Gasteiger partial charge is 0.169 e. The fourth-order valence-corrected chi connectivity index (χ4v) is 4.11. The van der Waals surface area contributed by atoms with Crippen LogP contribution in [0.1, 0.15) is 18.4 Å². The van der Waals surface area contributed by atoms with E-state index in [-0.39, 0.29) is 6.61 Å². The lowest BCUT2D eigenvalue weighted by atomic mass is 10.1. The summed E-state index contributed by atoms with van der Waals surface area (Å²) in [5, 5.41) is 27.4. The molecule has 0 bridgehead atoms. The third kappa shape index (κ3) is 6.32. The number of pyridine rings is 1. The molecule has 1 aromatic heterocycles. The minimum absolute atomic E-state index is 0.117. The molecule has 1 aliphatic rings. The van der Waals surface area contributed by atoms with Crippen LogP contribution in [0.25, 0.3) is 10.9 Å². The monoisotopic (exact) mass is 526 g/mol. The van der Waals surface area contributed by atoms with Gasteiger partial charge in [0.2, 0.25) is 0 Å². The number of benzene rings is 3. The molecule has 0 radical (unpaired) electrons. The highest BCUT2D eigenvalue weighted by Crippen LogP contribution is 2.38. The van der Waals surface area contributed by atoms with Crippen molar-refractivity contribution in [2.24, 2.45) is 0 Å². The van der Waals surface area contributed by atoms with E-state index in [0.29, 0.717) is 63.5 Å². The third-order valence-electron chi connectivity index (χ3n) is 6.35. The molecular formula is C30H30N4O5. The van der Waals surface area contributed by atoms with Crippen LogP contribution in [0.4, 0.5) is 11.4 Å². The summed E-state index contributed by atoms with van der Waals surface area (Å²) >= 11 is 0. The Morgan fingerprint density at radius 3 is 2.44 bits per heavy atom. The summed E-state index contributed by atoms with van der Waals surface area (Å²) in [4.78, 5) is 4.46. The van der Waals surface area contributed by atoms with Gasteiger partial charge >= 0.3 is 0 Å². The number of methoxy groups -OCH3 is 2. The Labute approximate surface area is 226 Å². The number of nitrogens with zero attached hydrogens (tertiary/aromatic N) is 2. The number of anilines is 2. The molecule has 1 heterocycles. The predicted molar refractivity (Wildman–Crippen MR) is 148 cm³/mol. The Bertz CT molecular complexity index is 1480. The van der Waals surface area contributed by atoms with Gasteiger partial charge in [-0.3, -0.25) is 4.98 Å².